The number of rotatable bonds is 3. The number of carbonyl (C=O) groups is 1. The van der Waals surface area contributed by atoms with E-state index in [1.165, 1.54) is 9.75 Å². The Bertz CT molecular complexity index is 1270. The van der Waals surface area contributed by atoms with E-state index in [1.807, 2.05) is 6.07 Å². The molecule has 32 heavy (non-hydrogen) atoms. The van der Waals surface area contributed by atoms with Gasteiger partial charge >= 0.3 is 5.97 Å². The fourth-order valence-electron chi connectivity index (χ4n) is 3.51. The molecule has 1 aliphatic rings. The molecule has 4 rings (SSSR count). The lowest BCUT2D eigenvalue weighted by Gasteiger charge is -2.29. The highest BCUT2D eigenvalue weighted by Crippen LogP contribution is 2.47. The minimum atomic E-state index is -0.365. The Kier molecular flexibility index (Phi) is 6.28. The van der Waals surface area contributed by atoms with Crippen LogP contribution in [0.4, 0.5) is 4.39 Å². The number of thiophene rings is 1. The van der Waals surface area contributed by atoms with Gasteiger partial charge < -0.3 is 4.74 Å². The molecule has 0 saturated carbocycles. The van der Waals surface area contributed by atoms with Crippen LogP contribution in [0, 0.1) is 24.6 Å². The van der Waals surface area contributed by atoms with Crippen LogP contribution in [-0.4, -0.2) is 17.3 Å². The van der Waals surface area contributed by atoms with Gasteiger partial charge in [0.05, 0.1) is 17.7 Å². The van der Waals surface area contributed by atoms with E-state index in [2.05, 4.69) is 50.8 Å². The van der Waals surface area contributed by atoms with Gasteiger partial charge in [0.15, 0.2) is 0 Å². The van der Waals surface area contributed by atoms with Crippen molar-refractivity contribution in [1.82, 2.24) is 0 Å². The lowest BCUT2D eigenvalue weighted by molar-refractivity contribution is 0.0526. The largest absolute Gasteiger partial charge is 0.462 e. The maximum atomic E-state index is 14.9. The fraction of sp³-hybridized carbons (Fsp3) is 0.222. The van der Waals surface area contributed by atoms with Crippen molar-refractivity contribution in [3.05, 3.63) is 92.4 Å². The third-order valence-corrected chi connectivity index (χ3v) is 7.20. The Balaban J connectivity index is 1.69. The fourth-order valence-corrected chi connectivity index (χ4v) is 5.59. The van der Waals surface area contributed by atoms with Crippen molar-refractivity contribution in [2.75, 3.05) is 6.61 Å². The van der Waals surface area contributed by atoms with Crippen molar-refractivity contribution in [3.8, 4) is 11.8 Å². The summed E-state index contributed by atoms with van der Waals surface area (Å²) in [5.74, 6) is 5.30. The van der Waals surface area contributed by atoms with Gasteiger partial charge in [0, 0.05) is 25.0 Å². The number of aryl methyl sites for hydroxylation is 1. The number of thioether (sulfide) groups is 1. The van der Waals surface area contributed by atoms with Gasteiger partial charge in [0.25, 0.3) is 0 Å². The van der Waals surface area contributed by atoms with Crippen LogP contribution in [0.1, 0.15) is 57.6 Å². The van der Waals surface area contributed by atoms with Gasteiger partial charge in [-0.2, -0.15) is 0 Å². The molecule has 0 fully saturated rings. The Morgan fingerprint density at radius 3 is 2.50 bits per heavy atom. The van der Waals surface area contributed by atoms with Gasteiger partial charge in [0.2, 0.25) is 0 Å². The summed E-state index contributed by atoms with van der Waals surface area (Å²) in [6.45, 7) is 8.48. The Morgan fingerprint density at radius 1 is 1.09 bits per heavy atom. The maximum Gasteiger partial charge on any atom is 0.338 e. The molecule has 0 atom stereocenters. The highest BCUT2D eigenvalue weighted by molar-refractivity contribution is 8.01. The number of fused-ring (bicyclic) bond motifs is 1. The molecule has 0 spiro atoms. The van der Waals surface area contributed by atoms with Gasteiger partial charge in [-0.25, -0.2) is 9.18 Å². The quantitative estimate of drug-likeness (QED) is 0.307. The van der Waals surface area contributed by atoms with E-state index in [9.17, 15) is 9.18 Å². The van der Waals surface area contributed by atoms with Gasteiger partial charge in [-0.3, -0.25) is 0 Å². The average molecular weight is 463 g/mol. The highest BCUT2D eigenvalue weighted by atomic mass is 32.2. The standard InChI is InChI=1S/C27H23FO2S2/c1-5-30-26(29)19-10-7-18(8-11-19)9-12-20-14-21-22(24-13-6-17(2)31-24)16-27(3,4)32-25(21)15-23(20)28/h6-8,10-11,13-16H,5H2,1-4H3. The normalized spacial score (nSPS) is 14.1. The Labute approximate surface area is 196 Å². The highest BCUT2D eigenvalue weighted by Gasteiger charge is 2.28. The summed E-state index contributed by atoms with van der Waals surface area (Å²) in [6.07, 6.45) is 2.26. The summed E-state index contributed by atoms with van der Waals surface area (Å²) in [4.78, 5) is 15.1. The van der Waals surface area contributed by atoms with E-state index < -0.39 is 0 Å². The SMILES string of the molecule is CCOC(=O)c1ccc(C#Cc2cc3c(cc2F)SC(C)(C)C=C3c2ccc(C)s2)cc1. The number of carbonyl (C=O) groups excluding carboxylic acids is 1. The van der Waals surface area contributed by atoms with Crippen LogP contribution in [0.3, 0.4) is 0 Å². The number of hydrogen-bond donors (Lipinski definition) is 0. The van der Waals surface area contributed by atoms with E-state index >= 15 is 0 Å². The van der Waals surface area contributed by atoms with Gasteiger partial charge in [0.1, 0.15) is 5.82 Å². The van der Waals surface area contributed by atoms with E-state index in [4.69, 9.17) is 4.74 Å². The molecule has 2 nitrogen and oxygen atoms in total. The Morgan fingerprint density at radius 2 is 1.84 bits per heavy atom. The Hall–Kier alpha value is -2.81. The second-order valence-corrected chi connectivity index (χ2v) is 11.0. The third kappa shape index (κ3) is 4.82. The van der Waals surface area contributed by atoms with Crippen molar-refractivity contribution >= 4 is 34.6 Å². The summed E-state index contributed by atoms with van der Waals surface area (Å²) in [5.41, 5.74) is 3.68. The smallest absolute Gasteiger partial charge is 0.338 e. The molecule has 5 heteroatoms. The van der Waals surface area contributed by atoms with Crippen LogP contribution < -0.4 is 0 Å². The van der Waals surface area contributed by atoms with Crippen molar-refractivity contribution in [1.29, 1.82) is 0 Å². The van der Waals surface area contributed by atoms with Crippen LogP contribution in [0.5, 0.6) is 0 Å². The summed E-state index contributed by atoms with van der Waals surface area (Å²) < 4.78 is 19.8. The van der Waals surface area contributed by atoms with Crippen LogP contribution in [0.2, 0.25) is 0 Å². The van der Waals surface area contributed by atoms with Crippen LogP contribution in [0.15, 0.2) is 59.5 Å². The zero-order valence-corrected chi connectivity index (χ0v) is 20.0. The zero-order chi connectivity index (χ0) is 22.9. The number of benzene rings is 2. The molecular weight excluding hydrogens is 439 g/mol. The molecule has 0 amide bonds. The minimum absolute atomic E-state index is 0.124. The summed E-state index contributed by atoms with van der Waals surface area (Å²) in [7, 11) is 0. The molecule has 0 unspecified atom stereocenters. The number of hydrogen-bond acceptors (Lipinski definition) is 4. The van der Waals surface area contributed by atoms with Crippen LogP contribution in [0.25, 0.3) is 5.57 Å². The lowest BCUT2D eigenvalue weighted by atomic mass is 9.97. The first-order chi connectivity index (χ1) is 15.3. The molecule has 1 aromatic heterocycles. The second-order valence-electron chi connectivity index (χ2n) is 8.05. The molecule has 0 aliphatic carbocycles. The molecule has 0 bridgehead atoms. The third-order valence-electron chi connectivity index (χ3n) is 4.97. The molecule has 3 aromatic rings. The van der Waals surface area contributed by atoms with E-state index in [0.717, 1.165) is 16.0 Å². The molecule has 0 radical (unpaired) electrons. The number of ether oxygens (including phenoxy) is 1. The van der Waals surface area contributed by atoms with E-state index in [1.54, 1.807) is 60.4 Å². The van der Waals surface area contributed by atoms with Crippen molar-refractivity contribution in [2.45, 2.75) is 37.3 Å². The van der Waals surface area contributed by atoms with Crippen LogP contribution in [-0.2, 0) is 4.74 Å². The minimum Gasteiger partial charge on any atom is -0.462 e. The molecule has 1 aliphatic heterocycles. The molecule has 2 heterocycles. The summed E-state index contributed by atoms with van der Waals surface area (Å²) in [6, 6.07) is 14.5. The maximum absolute atomic E-state index is 14.9. The van der Waals surface area contributed by atoms with E-state index in [0.29, 0.717) is 23.3 Å². The predicted octanol–water partition coefficient (Wildman–Crippen LogP) is 7.09. The first-order valence-corrected chi connectivity index (χ1v) is 12.0. The molecular formula is C27H23FO2S2. The number of halogens is 1. The van der Waals surface area contributed by atoms with Crippen molar-refractivity contribution in [2.24, 2.45) is 0 Å². The second kappa shape index (κ2) is 8.97. The van der Waals surface area contributed by atoms with E-state index in [-0.39, 0.29) is 16.5 Å². The zero-order valence-electron chi connectivity index (χ0n) is 18.4. The predicted molar refractivity (Wildman–Crippen MR) is 131 cm³/mol. The average Bonchev–Trinajstić information content (AvgIpc) is 3.18. The van der Waals surface area contributed by atoms with Gasteiger partial charge in [-0.1, -0.05) is 17.9 Å². The molecule has 0 N–H and O–H groups in total. The number of esters is 1. The first-order valence-electron chi connectivity index (χ1n) is 10.4. The topological polar surface area (TPSA) is 26.3 Å². The van der Waals surface area contributed by atoms with Gasteiger partial charge in [-0.05, 0) is 87.4 Å². The first kappa shape index (κ1) is 22.4. The summed E-state index contributed by atoms with van der Waals surface area (Å²) in [5, 5.41) is 0. The van der Waals surface area contributed by atoms with Crippen molar-refractivity contribution in [3.63, 3.8) is 0 Å². The summed E-state index contributed by atoms with van der Waals surface area (Å²) >= 11 is 3.40. The molecule has 162 valence electrons. The van der Waals surface area contributed by atoms with Gasteiger partial charge in [-0.15, -0.1) is 23.1 Å². The molecule has 2 aromatic carbocycles. The van der Waals surface area contributed by atoms with Crippen molar-refractivity contribution < 1.29 is 13.9 Å². The molecule has 0 saturated heterocycles. The lowest BCUT2D eigenvalue weighted by Crippen LogP contribution is -2.16. The monoisotopic (exact) mass is 462 g/mol. The van der Waals surface area contributed by atoms with Crippen LogP contribution >= 0.6 is 23.1 Å².